The number of nitrogens with zero attached hydrogens (tertiary/aromatic N) is 1. The van der Waals surface area contributed by atoms with Gasteiger partial charge in [-0.1, -0.05) is 11.6 Å². The Balaban J connectivity index is 2.13. The van der Waals surface area contributed by atoms with Crippen LogP contribution in [0.5, 0.6) is 0 Å². The lowest BCUT2D eigenvalue weighted by atomic mass is 10.1. The number of hydrogen-bond donors (Lipinski definition) is 2. The number of amides is 1. The molecule has 0 bridgehead atoms. The second kappa shape index (κ2) is 7.46. The first-order valence-corrected chi connectivity index (χ1v) is 7.89. The van der Waals surface area contributed by atoms with E-state index in [1.807, 2.05) is 19.9 Å². The van der Waals surface area contributed by atoms with E-state index in [-0.39, 0.29) is 18.6 Å². The molecule has 1 saturated heterocycles. The number of aryl methyl sites for hydroxylation is 1. The molecule has 1 aromatic rings. The molecule has 4 nitrogen and oxygen atoms in total. The lowest BCUT2D eigenvalue weighted by molar-refractivity contribution is 0.0937. The van der Waals surface area contributed by atoms with Gasteiger partial charge in [0.2, 0.25) is 0 Å². The van der Waals surface area contributed by atoms with E-state index in [1.165, 1.54) is 12.8 Å². The molecule has 2 N–H and O–H groups in total. The highest BCUT2D eigenvalue weighted by atomic mass is 16.3. The van der Waals surface area contributed by atoms with Crippen LogP contribution in [0.3, 0.4) is 0 Å². The Kier molecular flexibility index (Phi) is 5.62. The first kappa shape index (κ1) is 15.8. The first-order valence-electron chi connectivity index (χ1n) is 7.89. The summed E-state index contributed by atoms with van der Waals surface area (Å²) in [5.41, 5.74) is 2.92. The van der Waals surface area contributed by atoms with Gasteiger partial charge >= 0.3 is 0 Å². The number of hydrogen-bond acceptors (Lipinski definition) is 3. The zero-order chi connectivity index (χ0) is 15.2. The van der Waals surface area contributed by atoms with Crippen molar-refractivity contribution in [2.75, 3.05) is 24.6 Å². The van der Waals surface area contributed by atoms with Gasteiger partial charge < -0.3 is 15.3 Å². The number of benzene rings is 1. The van der Waals surface area contributed by atoms with Crippen molar-refractivity contribution in [3.63, 3.8) is 0 Å². The molecule has 1 fully saturated rings. The van der Waals surface area contributed by atoms with Crippen LogP contribution in [0.4, 0.5) is 5.69 Å². The minimum atomic E-state index is -0.00830. The van der Waals surface area contributed by atoms with Crippen LogP contribution in [-0.4, -0.2) is 36.8 Å². The van der Waals surface area contributed by atoms with E-state index < -0.39 is 0 Å². The number of aliphatic hydroxyl groups excluding tert-OH is 1. The van der Waals surface area contributed by atoms with Gasteiger partial charge in [-0.3, -0.25) is 4.79 Å². The minimum absolute atomic E-state index is 0.00830. The van der Waals surface area contributed by atoms with Gasteiger partial charge in [-0.05, 0) is 51.7 Å². The average molecular weight is 290 g/mol. The van der Waals surface area contributed by atoms with Gasteiger partial charge in [-0.2, -0.15) is 0 Å². The maximum atomic E-state index is 12.5. The Hall–Kier alpha value is -1.55. The topological polar surface area (TPSA) is 52.6 Å². The molecule has 0 aliphatic carbocycles. The highest BCUT2D eigenvalue weighted by Gasteiger charge is 2.20. The van der Waals surface area contributed by atoms with E-state index >= 15 is 0 Å². The van der Waals surface area contributed by atoms with Gasteiger partial charge in [0.25, 0.3) is 5.91 Å². The van der Waals surface area contributed by atoms with Crippen molar-refractivity contribution in [1.82, 2.24) is 5.32 Å². The van der Waals surface area contributed by atoms with Crippen molar-refractivity contribution in [1.29, 1.82) is 0 Å². The van der Waals surface area contributed by atoms with Gasteiger partial charge in [-0.15, -0.1) is 0 Å². The molecule has 0 spiro atoms. The summed E-state index contributed by atoms with van der Waals surface area (Å²) in [5.74, 6) is -0.00830. The summed E-state index contributed by atoms with van der Waals surface area (Å²) in [6.07, 6.45) is 3.91. The number of aliphatic hydroxyl groups is 1. The van der Waals surface area contributed by atoms with Crippen molar-refractivity contribution >= 4 is 11.6 Å². The quantitative estimate of drug-likeness (QED) is 0.846. The molecule has 116 valence electrons. The molecule has 2 rings (SSSR count). The molecule has 0 radical (unpaired) electrons. The number of anilines is 1. The summed E-state index contributed by atoms with van der Waals surface area (Å²) >= 11 is 0. The van der Waals surface area contributed by atoms with E-state index in [1.54, 1.807) is 0 Å². The molecule has 0 saturated carbocycles. The third kappa shape index (κ3) is 4.21. The van der Waals surface area contributed by atoms with E-state index in [9.17, 15) is 4.79 Å². The molecule has 1 aromatic carbocycles. The third-order valence-electron chi connectivity index (χ3n) is 4.02. The third-order valence-corrected chi connectivity index (χ3v) is 4.02. The summed E-state index contributed by atoms with van der Waals surface area (Å²) in [6, 6.07) is 6.19. The van der Waals surface area contributed by atoms with Crippen LogP contribution in [0, 0.1) is 6.92 Å². The van der Waals surface area contributed by atoms with Crippen LogP contribution < -0.4 is 10.2 Å². The lowest BCUT2D eigenvalue weighted by Gasteiger charge is -2.22. The Morgan fingerprint density at radius 2 is 2.10 bits per heavy atom. The summed E-state index contributed by atoms with van der Waals surface area (Å²) in [5, 5.41) is 11.9. The number of carbonyl (C=O) groups excluding carboxylic acids is 1. The summed E-state index contributed by atoms with van der Waals surface area (Å²) in [6.45, 7) is 6.23. The van der Waals surface area contributed by atoms with Gasteiger partial charge in [0.15, 0.2) is 0 Å². The lowest BCUT2D eigenvalue weighted by Crippen LogP contribution is -2.34. The summed E-state index contributed by atoms with van der Waals surface area (Å²) in [7, 11) is 0. The fraction of sp³-hybridized carbons (Fsp3) is 0.588. The molecule has 1 atom stereocenters. The van der Waals surface area contributed by atoms with E-state index in [4.69, 9.17) is 5.11 Å². The molecule has 1 unspecified atom stereocenters. The van der Waals surface area contributed by atoms with Crippen molar-refractivity contribution in [3.8, 4) is 0 Å². The minimum Gasteiger partial charge on any atom is -0.396 e. The SMILES string of the molecule is Cc1ccc(N2CCCC2)c(C(=O)NC(C)CCCO)c1. The van der Waals surface area contributed by atoms with Crippen LogP contribution in [-0.2, 0) is 0 Å². The fourth-order valence-electron chi connectivity index (χ4n) is 2.84. The second-order valence-electron chi connectivity index (χ2n) is 5.96. The van der Waals surface area contributed by atoms with E-state index in [2.05, 4.69) is 22.3 Å². The largest absolute Gasteiger partial charge is 0.396 e. The van der Waals surface area contributed by atoms with Crippen molar-refractivity contribution in [2.24, 2.45) is 0 Å². The molecular formula is C17H26N2O2. The molecule has 1 aliphatic rings. The Morgan fingerprint density at radius 1 is 1.38 bits per heavy atom. The van der Waals surface area contributed by atoms with Crippen molar-refractivity contribution in [3.05, 3.63) is 29.3 Å². The molecular weight excluding hydrogens is 264 g/mol. The van der Waals surface area contributed by atoms with Crippen molar-refractivity contribution < 1.29 is 9.90 Å². The number of rotatable bonds is 6. The normalized spacial score (nSPS) is 16.0. The van der Waals surface area contributed by atoms with Crippen LogP contribution in [0.15, 0.2) is 18.2 Å². The van der Waals surface area contributed by atoms with Crippen LogP contribution in [0.2, 0.25) is 0 Å². The maximum Gasteiger partial charge on any atom is 0.253 e. The van der Waals surface area contributed by atoms with Crippen LogP contribution >= 0.6 is 0 Å². The van der Waals surface area contributed by atoms with Crippen LogP contribution in [0.1, 0.15) is 48.5 Å². The molecule has 21 heavy (non-hydrogen) atoms. The van der Waals surface area contributed by atoms with Gasteiger partial charge in [0.05, 0.1) is 5.56 Å². The summed E-state index contributed by atoms with van der Waals surface area (Å²) in [4.78, 5) is 14.8. The molecule has 1 aliphatic heterocycles. The van der Waals surface area contributed by atoms with Crippen molar-refractivity contribution in [2.45, 2.75) is 45.6 Å². The smallest absolute Gasteiger partial charge is 0.253 e. The zero-order valence-electron chi connectivity index (χ0n) is 13.1. The number of nitrogens with one attached hydrogen (secondary N) is 1. The zero-order valence-corrected chi connectivity index (χ0v) is 13.1. The predicted molar refractivity (Wildman–Crippen MR) is 85.9 cm³/mol. The van der Waals surface area contributed by atoms with E-state index in [0.29, 0.717) is 6.42 Å². The van der Waals surface area contributed by atoms with Gasteiger partial charge in [0, 0.05) is 31.4 Å². The molecule has 1 amide bonds. The molecule has 0 aromatic heterocycles. The average Bonchev–Trinajstić information content (AvgIpc) is 2.99. The fourth-order valence-corrected chi connectivity index (χ4v) is 2.84. The van der Waals surface area contributed by atoms with E-state index in [0.717, 1.165) is 36.3 Å². The first-order chi connectivity index (χ1) is 10.1. The summed E-state index contributed by atoms with van der Waals surface area (Å²) < 4.78 is 0. The monoisotopic (exact) mass is 290 g/mol. The highest BCUT2D eigenvalue weighted by Crippen LogP contribution is 2.25. The van der Waals surface area contributed by atoms with Gasteiger partial charge in [-0.25, -0.2) is 0 Å². The Labute approximate surface area is 127 Å². The maximum absolute atomic E-state index is 12.5. The Bertz CT molecular complexity index is 482. The Morgan fingerprint density at radius 3 is 2.76 bits per heavy atom. The highest BCUT2D eigenvalue weighted by molar-refractivity contribution is 6.00. The standard InChI is InChI=1S/C17H26N2O2/c1-13-7-8-16(19-9-3-4-10-19)15(12-13)17(21)18-14(2)6-5-11-20/h7-8,12,14,20H,3-6,9-11H2,1-2H3,(H,18,21). The van der Waals surface area contributed by atoms with Crippen LogP contribution in [0.25, 0.3) is 0 Å². The van der Waals surface area contributed by atoms with Gasteiger partial charge in [0.1, 0.15) is 0 Å². The molecule has 1 heterocycles. The second-order valence-corrected chi connectivity index (χ2v) is 5.96. The predicted octanol–water partition coefficient (Wildman–Crippen LogP) is 2.49. The molecule has 4 heteroatoms. The number of carbonyl (C=O) groups is 1.